The number of ether oxygens (including phenoxy) is 1. The van der Waals surface area contributed by atoms with Crippen molar-refractivity contribution in [3.05, 3.63) is 18.6 Å². The maximum absolute atomic E-state index is 9.06. The van der Waals surface area contributed by atoms with E-state index in [1.54, 1.807) is 12.5 Å². The van der Waals surface area contributed by atoms with Gasteiger partial charge in [-0.15, -0.1) is 0 Å². The molecule has 0 amide bonds. The van der Waals surface area contributed by atoms with Crippen molar-refractivity contribution in [1.82, 2.24) is 14.5 Å². The first-order valence-electron chi connectivity index (χ1n) is 5.59. The van der Waals surface area contributed by atoms with Gasteiger partial charge in [0.15, 0.2) is 5.82 Å². The Balaban J connectivity index is 1.99. The number of rotatable bonds is 2. The fraction of sp³-hybridized carbons (Fsp3) is 0.455. The number of aliphatic hydroxyl groups is 1. The van der Waals surface area contributed by atoms with Crippen molar-refractivity contribution in [3.63, 3.8) is 0 Å². The van der Waals surface area contributed by atoms with Gasteiger partial charge in [-0.05, 0) is 12.5 Å². The number of imidazole rings is 1. The van der Waals surface area contributed by atoms with Crippen molar-refractivity contribution < 1.29 is 9.84 Å². The van der Waals surface area contributed by atoms with Crippen molar-refractivity contribution in [2.45, 2.75) is 18.6 Å². The lowest BCUT2D eigenvalue weighted by atomic mass is 10.2. The fourth-order valence-corrected chi connectivity index (χ4v) is 2.28. The normalized spacial score (nSPS) is 24.5. The van der Waals surface area contributed by atoms with Crippen molar-refractivity contribution in [3.8, 4) is 0 Å². The molecule has 6 nitrogen and oxygen atoms in total. The number of nitrogen functional groups attached to an aromatic ring is 1. The van der Waals surface area contributed by atoms with Gasteiger partial charge in [-0.1, -0.05) is 0 Å². The van der Waals surface area contributed by atoms with Crippen LogP contribution in [0.3, 0.4) is 0 Å². The summed E-state index contributed by atoms with van der Waals surface area (Å²) in [4.78, 5) is 8.28. The predicted molar refractivity (Wildman–Crippen MR) is 62.4 cm³/mol. The van der Waals surface area contributed by atoms with Crippen LogP contribution < -0.4 is 5.73 Å². The summed E-state index contributed by atoms with van der Waals surface area (Å²) in [6.07, 6.45) is 4.16. The van der Waals surface area contributed by atoms with E-state index in [9.17, 15) is 0 Å². The van der Waals surface area contributed by atoms with E-state index in [4.69, 9.17) is 15.6 Å². The number of hydrogen-bond donors (Lipinski definition) is 2. The molecule has 2 aromatic rings. The summed E-state index contributed by atoms with van der Waals surface area (Å²) in [5.74, 6) is 0.443. The number of fused-ring (bicyclic) bond motifs is 1. The zero-order chi connectivity index (χ0) is 11.8. The minimum Gasteiger partial charge on any atom is -0.394 e. The molecule has 0 saturated carbocycles. The zero-order valence-electron chi connectivity index (χ0n) is 9.28. The lowest BCUT2D eigenvalue weighted by Gasteiger charge is -2.10. The molecule has 3 N–H and O–H groups in total. The standard InChI is InChI=1S/C11H14N4O2/c12-11-10-9(1-2-13-11)15(6-14-10)7-3-8(4-16)17-5-7/h1-2,6-8,16H,3-5H2,(H2,12,13)/t7-,8-/m0/s1. The topological polar surface area (TPSA) is 86.2 Å². The second-order valence-electron chi connectivity index (χ2n) is 4.24. The molecule has 1 fully saturated rings. The van der Waals surface area contributed by atoms with Gasteiger partial charge in [-0.2, -0.15) is 0 Å². The van der Waals surface area contributed by atoms with Crippen LogP contribution in [-0.2, 0) is 4.74 Å². The highest BCUT2D eigenvalue weighted by molar-refractivity contribution is 5.84. The van der Waals surface area contributed by atoms with E-state index >= 15 is 0 Å². The molecule has 1 saturated heterocycles. The van der Waals surface area contributed by atoms with E-state index in [0.29, 0.717) is 12.4 Å². The van der Waals surface area contributed by atoms with Gasteiger partial charge in [0.05, 0.1) is 37.2 Å². The van der Waals surface area contributed by atoms with Crippen molar-refractivity contribution in [2.24, 2.45) is 0 Å². The molecule has 0 radical (unpaired) electrons. The van der Waals surface area contributed by atoms with Crippen LogP contribution in [-0.4, -0.2) is 39.0 Å². The van der Waals surface area contributed by atoms with Crippen molar-refractivity contribution >= 4 is 16.9 Å². The Morgan fingerprint density at radius 2 is 2.41 bits per heavy atom. The second kappa shape index (κ2) is 3.97. The Morgan fingerprint density at radius 3 is 3.18 bits per heavy atom. The molecule has 0 aliphatic carbocycles. The number of hydrogen-bond acceptors (Lipinski definition) is 5. The Hall–Kier alpha value is -1.66. The molecule has 90 valence electrons. The van der Waals surface area contributed by atoms with E-state index in [-0.39, 0.29) is 18.8 Å². The number of nitrogens with zero attached hydrogens (tertiary/aromatic N) is 3. The summed E-state index contributed by atoms with van der Waals surface area (Å²) >= 11 is 0. The molecule has 2 atom stereocenters. The monoisotopic (exact) mass is 234 g/mol. The highest BCUT2D eigenvalue weighted by atomic mass is 16.5. The van der Waals surface area contributed by atoms with Gasteiger partial charge in [0.25, 0.3) is 0 Å². The van der Waals surface area contributed by atoms with Crippen LogP contribution in [0.4, 0.5) is 5.82 Å². The molecular formula is C11H14N4O2. The van der Waals surface area contributed by atoms with E-state index in [0.717, 1.165) is 17.5 Å². The van der Waals surface area contributed by atoms with Crippen LogP contribution in [0.25, 0.3) is 11.0 Å². The number of pyridine rings is 1. The Labute approximate surface area is 98.0 Å². The van der Waals surface area contributed by atoms with Gasteiger partial charge in [0.2, 0.25) is 0 Å². The van der Waals surface area contributed by atoms with Crippen LogP contribution in [0.1, 0.15) is 12.5 Å². The van der Waals surface area contributed by atoms with Crippen LogP contribution in [0.15, 0.2) is 18.6 Å². The molecule has 0 bridgehead atoms. The third-order valence-corrected chi connectivity index (χ3v) is 3.18. The minimum atomic E-state index is -0.0726. The number of aromatic nitrogens is 3. The molecule has 0 spiro atoms. The minimum absolute atomic E-state index is 0.0623. The molecule has 3 rings (SSSR count). The summed E-state index contributed by atoms with van der Waals surface area (Å²) in [5.41, 5.74) is 7.45. The largest absolute Gasteiger partial charge is 0.394 e. The Bertz CT molecular complexity index is 539. The molecule has 1 aliphatic heterocycles. The second-order valence-corrected chi connectivity index (χ2v) is 4.24. The number of nitrogens with two attached hydrogens (primary N) is 1. The summed E-state index contributed by atoms with van der Waals surface area (Å²) in [7, 11) is 0. The van der Waals surface area contributed by atoms with Gasteiger partial charge < -0.3 is 20.1 Å². The third-order valence-electron chi connectivity index (χ3n) is 3.18. The molecule has 17 heavy (non-hydrogen) atoms. The van der Waals surface area contributed by atoms with E-state index < -0.39 is 0 Å². The van der Waals surface area contributed by atoms with Gasteiger partial charge in [-0.3, -0.25) is 0 Å². The fourth-order valence-electron chi connectivity index (χ4n) is 2.28. The van der Waals surface area contributed by atoms with Crippen molar-refractivity contribution in [2.75, 3.05) is 18.9 Å². The Kier molecular flexibility index (Phi) is 2.45. The molecule has 0 unspecified atom stereocenters. The van der Waals surface area contributed by atoms with Gasteiger partial charge in [0, 0.05) is 6.20 Å². The maximum Gasteiger partial charge on any atom is 0.151 e. The maximum atomic E-state index is 9.06. The number of aliphatic hydroxyl groups excluding tert-OH is 1. The predicted octanol–water partition coefficient (Wildman–Crippen LogP) is 0.336. The molecule has 0 aromatic carbocycles. The first-order chi connectivity index (χ1) is 8.29. The zero-order valence-corrected chi connectivity index (χ0v) is 9.28. The van der Waals surface area contributed by atoms with Crippen molar-refractivity contribution in [1.29, 1.82) is 0 Å². The average molecular weight is 234 g/mol. The average Bonchev–Trinajstić information content (AvgIpc) is 2.94. The summed E-state index contributed by atoms with van der Waals surface area (Å²) in [5, 5.41) is 9.06. The molecule has 1 aliphatic rings. The molecule has 2 aromatic heterocycles. The van der Waals surface area contributed by atoms with E-state index in [2.05, 4.69) is 9.97 Å². The molecule has 3 heterocycles. The molecular weight excluding hydrogens is 220 g/mol. The van der Waals surface area contributed by atoms with Crippen LogP contribution >= 0.6 is 0 Å². The third kappa shape index (κ3) is 1.65. The molecule has 6 heteroatoms. The Morgan fingerprint density at radius 1 is 1.53 bits per heavy atom. The summed E-state index contributed by atoms with van der Waals surface area (Å²) in [6.45, 7) is 0.658. The van der Waals surface area contributed by atoms with Crippen LogP contribution in [0, 0.1) is 0 Å². The summed E-state index contributed by atoms with van der Waals surface area (Å²) in [6, 6.07) is 2.10. The lowest BCUT2D eigenvalue weighted by Crippen LogP contribution is -2.11. The quantitative estimate of drug-likeness (QED) is 0.782. The first-order valence-corrected chi connectivity index (χ1v) is 5.59. The van der Waals surface area contributed by atoms with E-state index in [1.165, 1.54) is 0 Å². The lowest BCUT2D eigenvalue weighted by molar-refractivity contribution is 0.0576. The van der Waals surface area contributed by atoms with Gasteiger partial charge in [-0.25, -0.2) is 9.97 Å². The van der Waals surface area contributed by atoms with Gasteiger partial charge in [0.1, 0.15) is 5.52 Å². The van der Waals surface area contributed by atoms with Crippen LogP contribution in [0.5, 0.6) is 0 Å². The van der Waals surface area contributed by atoms with Gasteiger partial charge >= 0.3 is 0 Å². The van der Waals surface area contributed by atoms with Crippen LogP contribution in [0.2, 0.25) is 0 Å². The smallest absolute Gasteiger partial charge is 0.151 e. The highest BCUT2D eigenvalue weighted by Gasteiger charge is 2.27. The SMILES string of the molecule is Nc1nccc2c1ncn2[C@@H]1CO[C@H](CO)C1. The summed E-state index contributed by atoms with van der Waals surface area (Å²) < 4.78 is 7.52. The number of anilines is 1. The van der Waals surface area contributed by atoms with E-state index in [1.807, 2.05) is 10.6 Å². The first kappa shape index (κ1) is 10.5. The highest BCUT2D eigenvalue weighted by Crippen LogP contribution is 2.28.